The van der Waals surface area contributed by atoms with Gasteiger partial charge < -0.3 is 10.1 Å². The van der Waals surface area contributed by atoms with Crippen LogP contribution in [0.4, 0.5) is 14.5 Å². The lowest BCUT2D eigenvalue weighted by Gasteiger charge is -2.17. The molecule has 0 saturated carbocycles. The summed E-state index contributed by atoms with van der Waals surface area (Å²) >= 11 is 0. The summed E-state index contributed by atoms with van der Waals surface area (Å²) in [4.78, 5) is 0. The zero-order valence-electron chi connectivity index (χ0n) is 12.0. The molecular weight excluding hydrogens is 272 g/mol. The van der Waals surface area contributed by atoms with Crippen molar-refractivity contribution in [1.29, 1.82) is 0 Å². The van der Waals surface area contributed by atoms with E-state index in [0.717, 1.165) is 23.3 Å². The lowest BCUT2D eigenvalue weighted by molar-refractivity contribution is 0.357. The zero-order valence-corrected chi connectivity index (χ0v) is 12.0. The van der Waals surface area contributed by atoms with E-state index in [1.807, 2.05) is 19.1 Å². The van der Waals surface area contributed by atoms with Crippen LogP contribution in [-0.2, 0) is 6.42 Å². The number of anilines is 1. The minimum Gasteiger partial charge on any atom is -0.493 e. The molecule has 1 aliphatic heterocycles. The number of hydrogen-bond donors (Lipinski definition) is 1. The van der Waals surface area contributed by atoms with Gasteiger partial charge in [0.25, 0.3) is 0 Å². The highest BCUT2D eigenvalue weighted by Gasteiger charge is 2.16. The average Bonchev–Trinajstić information content (AvgIpc) is 2.92. The highest BCUT2D eigenvalue weighted by atomic mass is 19.1. The number of rotatable bonds is 3. The predicted molar refractivity (Wildman–Crippen MR) is 78.8 cm³/mol. The molecule has 0 radical (unpaired) electrons. The molecule has 0 fully saturated rings. The smallest absolute Gasteiger partial charge is 0.146 e. The predicted octanol–water partition coefficient (Wildman–Crippen LogP) is 4.38. The van der Waals surface area contributed by atoms with Gasteiger partial charge in [-0.05, 0) is 48.7 Å². The van der Waals surface area contributed by atoms with Crippen molar-refractivity contribution >= 4 is 5.69 Å². The third-order valence-electron chi connectivity index (χ3n) is 3.83. The van der Waals surface area contributed by atoms with E-state index in [4.69, 9.17) is 4.74 Å². The molecule has 21 heavy (non-hydrogen) atoms. The van der Waals surface area contributed by atoms with Gasteiger partial charge in [-0.3, -0.25) is 0 Å². The number of nitrogens with one attached hydrogen (secondary N) is 1. The third-order valence-corrected chi connectivity index (χ3v) is 3.83. The van der Waals surface area contributed by atoms with Crippen LogP contribution in [0, 0.1) is 18.6 Å². The Hall–Kier alpha value is -2.10. The molecule has 0 amide bonds. The lowest BCUT2D eigenvalue weighted by Crippen LogP contribution is -2.09. The summed E-state index contributed by atoms with van der Waals surface area (Å²) in [6, 6.07) is 8.24. The highest BCUT2D eigenvalue weighted by molar-refractivity contribution is 5.50. The molecule has 2 nitrogen and oxygen atoms in total. The van der Waals surface area contributed by atoms with Gasteiger partial charge in [-0.25, -0.2) is 8.78 Å². The van der Waals surface area contributed by atoms with Crippen molar-refractivity contribution in [1.82, 2.24) is 0 Å². The Kier molecular flexibility index (Phi) is 3.53. The number of fused-ring (bicyclic) bond motifs is 1. The van der Waals surface area contributed by atoms with Crippen molar-refractivity contribution in [2.24, 2.45) is 0 Å². The Morgan fingerprint density at radius 1 is 1.14 bits per heavy atom. The van der Waals surface area contributed by atoms with Gasteiger partial charge in [0.05, 0.1) is 12.3 Å². The van der Waals surface area contributed by atoms with Gasteiger partial charge in [-0.1, -0.05) is 6.07 Å². The van der Waals surface area contributed by atoms with Crippen LogP contribution >= 0.6 is 0 Å². The second-order valence-electron chi connectivity index (χ2n) is 5.41. The van der Waals surface area contributed by atoms with Gasteiger partial charge in [-0.2, -0.15) is 0 Å². The highest BCUT2D eigenvalue weighted by Crippen LogP contribution is 2.30. The van der Waals surface area contributed by atoms with Gasteiger partial charge in [0.2, 0.25) is 0 Å². The first-order valence-corrected chi connectivity index (χ1v) is 7.02. The van der Waals surface area contributed by atoms with E-state index < -0.39 is 11.6 Å². The van der Waals surface area contributed by atoms with Crippen LogP contribution in [0.25, 0.3) is 0 Å². The van der Waals surface area contributed by atoms with Gasteiger partial charge in [0, 0.05) is 18.5 Å². The van der Waals surface area contributed by atoms with E-state index in [9.17, 15) is 8.78 Å². The molecule has 3 rings (SSSR count). The fourth-order valence-corrected chi connectivity index (χ4v) is 2.55. The van der Waals surface area contributed by atoms with Gasteiger partial charge in [-0.15, -0.1) is 0 Å². The van der Waals surface area contributed by atoms with Crippen molar-refractivity contribution in [3.63, 3.8) is 0 Å². The second-order valence-corrected chi connectivity index (χ2v) is 5.41. The number of benzene rings is 2. The minimum absolute atomic E-state index is 0.118. The molecule has 1 heterocycles. The number of aryl methyl sites for hydroxylation is 1. The van der Waals surface area contributed by atoms with E-state index in [1.165, 1.54) is 12.1 Å². The molecule has 2 aromatic rings. The zero-order chi connectivity index (χ0) is 15.0. The first kappa shape index (κ1) is 13.9. The molecule has 1 atom stereocenters. The summed E-state index contributed by atoms with van der Waals surface area (Å²) in [5, 5.41) is 3.03. The fourth-order valence-electron chi connectivity index (χ4n) is 2.55. The quantitative estimate of drug-likeness (QED) is 0.905. The molecule has 0 saturated heterocycles. The fraction of sp³-hybridized carbons (Fsp3) is 0.294. The van der Waals surface area contributed by atoms with Gasteiger partial charge >= 0.3 is 0 Å². The summed E-state index contributed by atoms with van der Waals surface area (Å²) in [6.45, 7) is 4.18. The number of ether oxygens (including phenoxy) is 1. The van der Waals surface area contributed by atoms with Crippen molar-refractivity contribution in [2.45, 2.75) is 26.3 Å². The summed E-state index contributed by atoms with van der Waals surface area (Å²) in [5.74, 6) is 0.0669. The van der Waals surface area contributed by atoms with Crippen LogP contribution in [0.3, 0.4) is 0 Å². The van der Waals surface area contributed by atoms with Crippen molar-refractivity contribution in [3.8, 4) is 5.75 Å². The van der Waals surface area contributed by atoms with Crippen LogP contribution < -0.4 is 10.1 Å². The van der Waals surface area contributed by atoms with Crippen LogP contribution in [0.15, 0.2) is 30.3 Å². The summed E-state index contributed by atoms with van der Waals surface area (Å²) in [7, 11) is 0. The van der Waals surface area contributed by atoms with Gasteiger partial charge in [0.1, 0.15) is 17.4 Å². The van der Waals surface area contributed by atoms with Crippen molar-refractivity contribution < 1.29 is 13.5 Å². The van der Waals surface area contributed by atoms with Crippen LogP contribution in [0.5, 0.6) is 5.75 Å². The van der Waals surface area contributed by atoms with E-state index in [1.54, 1.807) is 6.92 Å². The van der Waals surface area contributed by atoms with Gasteiger partial charge in [0.15, 0.2) is 0 Å². The number of halogens is 2. The Balaban J connectivity index is 1.83. The topological polar surface area (TPSA) is 21.3 Å². The Labute approximate surface area is 122 Å². The average molecular weight is 289 g/mol. The normalized spacial score (nSPS) is 14.5. The molecule has 0 spiro atoms. The van der Waals surface area contributed by atoms with Crippen LogP contribution in [-0.4, -0.2) is 6.61 Å². The molecule has 0 aliphatic carbocycles. The maximum atomic E-state index is 13.9. The van der Waals surface area contributed by atoms with Crippen molar-refractivity contribution in [3.05, 3.63) is 58.7 Å². The molecule has 4 heteroatoms. The maximum Gasteiger partial charge on any atom is 0.146 e. The monoisotopic (exact) mass is 289 g/mol. The van der Waals surface area contributed by atoms with Crippen molar-refractivity contribution in [2.75, 3.05) is 11.9 Å². The molecule has 1 aliphatic rings. The first-order valence-electron chi connectivity index (χ1n) is 7.02. The Morgan fingerprint density at radius 3 is 2.76 bits per heavy atom. The summed E-state index contributed by atoms with van der Waals surface area (Å²) in [6.07, 6.45) is 0.892. The molecule has 1 unspecified atom stereocenters. The largest absolute Gasteiger partial charge is 0.493 e. The van der Waals surface area contributed by atoms with E-state index in [0.29, 0.717) is 12.2 Å². The third kappa shape index (κ3) is 2.71. The SMILES string of the molecule is Cc1cc(F)c(NC(C)c2ccc3c(c2)CCO3)cc1F. The Bertz CT molecular complexity index is 685. The molecule has 0 aromatic heterocycles. The van der Waals surface area contributed by atoms with E-state index in [2.05, 4.69) is 11.4 Å². The van der Waals surface area contributed by atoms with Crippen LogP contribution in [0.1, 0.15) is 29.7 Å². The summed E-state index contributed by atoms with van der Waals surface area (Å²) < 4.78 is 32.9. The molecular formula is C17H17F2NO. The number of hydrogen-bond acceptors (Lipinski definition) is 2. The lowest BCUT2D eigenvalue weighted by atomic mass is 10.0. The van der Waals surface area contributed by atoms with E-state index >= 15 is 0 Å². The molecule has 1 N–H and O–H groups in total. The standard InChI is InChI=1S/C17H17F2NO/c1-10-7-15(19)16(9-14(10)18)20-11(2)12-3-4-17-13(8-12)5-6-21-17/h3-4,7-9,11,20H,5-6H2,1-2H3. The molecule has 2 aromatic carbocycles. The van der Waals surface area contributed by atoms with E-state index in [-0.39, 0.29) is 11.7 Å². The summed E-state index contributed by atoms with van der Waals surface area (Å²) in [5.41, 5.74) is 2.68. The second kappa shape index (κ2) is 5.35. The molecule has 110 valence electrons. The minimum atomic E-state index is -0.440. The Morgan fingerprint density at radius 2 is 1.95 bits per heavy atom. The molecule has 0 bridgehead atoms. The first-order chi connectivity index (χ1) is 10.0. The maximum absolute atomic E-state index is 13.9. The van der Waals surface area contributed by atoms with Crippen LogP contribution in [0.2, 0.25) is 0 Å².